The van der Waals surface area contributed by atoms with Crippen molar-refractivity contribution in [3.8, 4) is 5.75 Å². The van der Waals surface area contributed by atoms with Crippen LogP contribution >= 0.6 is 23.1 Å². The zero-order valence-corrected chi connectivity index (χ0v) is 18.6. The second kappa shape index (κ2) is 9.30. The van der Waals surface area contributed by atoms with Gasteiger partial charge in [-0.1, -0.05) is 44.0 Å². The van der Waals surface area contributed by atoms with Gasteiger partial charge in [-0.25, -0.2) is 4.98 Å². The largest absolute Gasteiger partial charge is 0.487 e. The number of thiazole rings is 1. The third-order valence-electron chi connectivity index (χ3n) is 5.29. The van der Waals surface area contributed by atoms with Crippen LogP contribution in [-0.2, 0) is 6.61 Å². The predicted molar refractivity (Wildman–Crippen MR) is 120 cm³/mol. The molecule has 2 aromatic rings. The fourth-order valence-corrected chi connectivity index (χ4v) is 5.43. The van der Waals surface area contributed by atoms with Gasteiger partial charge < -0.3 is 4.74 Å². The summed E-state index contributed by atoms with van der Waals surface area (Å²) in [5.74, 6) is 0.728. The quantitative estimate of drug-likeness (QED) is 0.647. The summed E-state index contributed by atoms with van der Waals surface area (Å²) >= 11 is 3.34. The molecule has 1 aromatic carbocycles. The third-order valence-corrected chi connectivity index (χ3v) is 7.20. The lowest BCUT2D eigenvalue weighted by molar-refractivity contribution is 0.0780. The number of hydrogen-bond donors (Lipinski definition) is 0. The molecule has 1 unspecified atom stereocenters. The van der Waals surface area contributed by atoms with Crippen molar-refractivity contribution in [2.75, 3.05) is 6.54 Å². The van der Waals surface area contributed by atoms with E-state index >= 15 is 0 Å². The zero-order chi connectivity index (χ0) is 20.2. The minimum atomic E-state index is 0.0344. The van der Waals surface area contributed by atoms with Gasteiger partial charge in [0, 0.05) is 22.2 Å². The van der Waals surface area contributed by atoms with Crippen LogP contribution in [-0.4, -0.2) is 38.8 Å². The molecular weight excluding hydrogens is 402 g/mol. The van der Waals surface area contributed by atoms with E-state index in [9.17, 15) is 4.79 Å². The smallest absolute Gasteiger partial charge is 0.260 e. The molecule has 1 fully saturated rings. The molecule has 1 aliphatic heterocycles. The van der Waals surface area contributed by atoms with Gasteiger partial charge in [-0.15, -0.1) is 11.3 Å². The van der Waals surface area contributed by atoms with Gasteiger partial charge in [-0.2, -0.15) is 0 Å². The van der Waals surface area contributed by atoms with Crippen molar-refractivity contribution in [1.82, 2.24) is 9.88 Å². The van der Waals surface area contributed by atoms with Gasteiger partial charge in [-0.3, -0.25) is 14.7 Å². The molecule has 2 aliphatic rings. The van der Waals surface area contributed by atoms with Crippen LogP contribution in [0.1, 0.15) is 60.1 Å². The van der Waals surface area contributed by atoms with Gasteiger partial charge in [0.25, 0.3) is 5.91 Å². The lowest BCUT2D eigenvalue weighted by Crippen LogP contribution is -2.44. The topological polar surface area (TPSA) is 54.8 Å². The fraction of sp³-hybridized carbons (Fsp3) is 0.500. The van der Waals surface area contributed by atoms with Crippen molar-refractivity contribution in [1.29, 1.82) is 0 Å². The fourth-order valence-electron chi connectivity index (χ4n) is 3.83. The summed E-state index contributed by atoms with van der Waals surface area (Å²) in [5.41, 5.74) is 1.57. The summed E-state index contributed by atoms with van der Waals surface area (Å²) in [4.78, 5) is 24.6. The normalized spacial score (nSPS) is 19.8. The molecule has 29 heavy (non-hydrogen) atoms. The maximum atomic E-state index is 13.5. The predicted octanol–water partition coefficient (Wildman–Crippen LogP) is 5.30. The summed E-state index contributed by atoms with van der Waals surface area (Å²) in [7, 11) is 0. The molecule has 0 radical (unpaired) electrons. The van der Waals surface area contributed by atoms with Crippen molar-refractivity contribution in [3.05, 3.63) is 45.9 Å². The van der Waals surface area contributed by atoms with E-state index < -0.39 is 0 Å². The number of amides is 1. The number of hydrogen-bond acceptors (Lipinski definition) is 6. The molecule has 7 heteroatoms. The van der Waals surface area contributed by atoms with Crippen LogP contribution in [0.15, 0.2) is 34.6 Å². The first-order valence-corrected chi connectivity index (χ1v) is 12.0. The molecular formula is C22H27N3O2S2. The van der Waals surface area contributed by atoms with E-state index in [2.05, 4.69) is 16.9 Å². The average Bonchev–Trinajstić information content (AvgIpc) is 3.35. The SMILES string of the molecule is Cc1nc(COc2cccc(C(=O)N(C3=NCC(C)S3)C3CCCCC3)c2)cs1. The van der Waals surface area contributed by atoms with E-state index in [1.807, 2.05) is 41.5 Å². The highest BCUT2D eigenvalue weighted by atomic mass is 32.2. The van der Waals surface area contributed by atoms with E-state index in [4.69, 9.17) is 4.74 Å². The van der Waals surface area contributed by atoms with Crippen molar-refractivity contribution in [2.45, 2.75) is 63.9 Å². The summed E-state index contributed by atoms with van der Waals surface area (Å²) in [5, 5.41) is 4.35. The van der Waals surface area contributed by atoms with E-state index in [0.29, 0.717) is 23.2 Å². The molecule has 1 aliphatic carbocycles. The highest BCUT2D eigenvalue weighted by Crippen LogP contribution is 2.31. The van der Waals surface area contributed by atoms with Crippen molar-refractivity contribution >= 4 is 34.2 Å². The van der Waals surface area contributed by atoms with Crippen molar-refractivity contribution in [3.63, 3.8) is 0 Å². The number of ether oxygens (including phenoxy) is 1. The average molecular weight is 430 g/mol. The highest BCUT2D eigenvalue weighted by Gasteiger charge is 2.33. The number of benzene rings is 1. The van der Waals surface area contributed by atoms with Crippen LogP contribution in [0.3, 0.4) is 0 Å². The van der Waals surface area contributed by atoms with E-state index in [1.54, 1.807) is 23.1 Å². The van der Waals surface area contributed by atoms with Gasteiger partial charge in [0.2, 0.25) is 0 Å². The molecule has 4 rings (SSSR count). The molecule has 1 saturated carbocycles. The Balaban J connectivity index is 1.52. The first kappa shape index (κ1) is 20.4. The molecule has 0 saturated heterocycles. The van der Waals surface area contributed by atoms with Crippen molar-refractivity contribution < 1.29 is 9.53 Å². The molecule has 2 heterocycles. The van der Waals surface area contributed by atoms with Gasteiger partial charge in [0.1, 0.15) is 12.4 Å². The van der Waals surface area contributed by atoms with Gasteiger partial charge in [-0.05, 0) is 38.0 Å². The zero-order valence-electron chi connectivity index (χ0n) is 17.0. The first-order valence-electron chi connectivity index (χ1n) is 10.3. The maximum absolute atomic E-state index is 13.5. The number of aromatic nitrogens is 1. The monoisotopic (exact) mass is 429 g/mol. The Morgan fingerprint density at radius 1 is 1.28 bits per heavy atom. The number of thioether (sulfide) groups is 1. The third kappa shape index (κ3) is 5.01. The number of nitrogens with zero attached hydrogens (tertiary/aromatic N) is 3. The lowest BCUT2D eigenvalue weighted by atomic mass is 9.94. The highest BCUT2D eigenvalue weighted by molar-refractivity contribution is 8.14. The van der Waals surface area contributed by atoms with Gasteiger partial charge >= 0.3 is 0 Å². The Hall–Kier alpha value is -1.86. The molecule has 154 valence electrons. The molecule has 0 spiro atoms. The minimum Gasteiger partial charge on any atom is -0.487 e. The van der Waals surface area contributed by atoms with E-state index in [-0.39, 0.29) is 11.9 Å². The standard InChI is InChI=1S/C22H27N3O2S2/c1-15-12-23-22(29-15)25(19-8-4-3-5-9-19)21(26)17-7-6-10-20(11-17)27-13-18-14-28-16(2)24-18/h6-7,10-11,14-15,19H,3-5,8-9,12-13H2,1-2H3. The summed E-state index contributed by atoms with van der Waals surface area (Å²) in [6.45, 7) is 5.35. The van der Waals surface area contributed by atoms with Crippen LogP contribution in [0.25, 0.3) is 0 Å². The Morgan fingerprint density at radius 3 is 2.79 bits per heavy atom. The van der Waals surface area contributed by atoms with Crippen LogP contribution in [0.5, 0.6) is 5.75 Å². The Kier molecular flexibility index (Phi) is 6.55. The first-order chi connectivity index (χ1) is 14.1. The van der Waals surface area contributed by atoms with Gasteiger partial charge in [0.05, 0.1) is 17.2 Å². The van der Waals surface area contributed by atoms with Crippen LogP contribution in [0.4, 0.5) is 0 Å². The number of aryl methyl sites for hydroxylation is 1. The number of amidine groups is 1. The van der Waals surface area contributed by atoms with Crippen LogP contribution in [0.2, 0.25) is 0 Å². The number of carbonyl (C=O) groups excluding carboxylic acids is 1. The van der Waals surface area contributed by atoms with E-state index in [0.717, 1.165) is 35.3 Å². The second-order valence-corrected chi connectivity index (χ2v) is 10.2. The van der Waals surface area contributed by atoms with Crippen molar-refractivity contribution in [2.24, 2.45) is 4.99 Å². The van der Waals surface area contributed by atoms with E-state index in [1.165, 1.54) is 19.3 Å². The maximum Gasteiger partial charge on any atom is 0.260 e. The molecule has 1 aromatic heterocycles. The Labute approximate surface area is 180 Å². The number of aliphatic imine (C=N–C) groups is 1. The Bertz CT molecular complexity index is 890. The minimum absolute atomic E-state index is 0.0344. The Morgan fingerprint density at radius 2 is 2.10 bits per heavy atom. The molecule has 0 bridgehead atoms. The lowest BCUT2D eigenvalue weighted by Gasteiger charge is -2.34. The summed E-state index contributed by atoms with van der Waals surface area (Å²) in [6.07, 6.45) is 5.72. The summed E-state index contributed by atoms with van der Waals surface area (Å²) in [6, 6.07) is 7.75. The van der Waals surface area contributed by atoms with Gasteiger partial charge in [0.15, 0.2) is 5.17 Å². The molecule has 1 amide bonds. The molecule has 5 nitrogen and oxygen atoms in total. The van der Waals surface area contributed by atoms with Crippen LogP contribution in [0, 0.1) is 6.92 Å². The summed E-state index contributed by atoms with van der Waals surface area (Å²) < 4.78 is 5.90. The number of rotatable bonds is 5. The van der Waals surface area contributed by atoms with Crippen LogP contribution < -0.4 is 4.74 Å². The second-order valence-electron chi connectivity index (χ2n) is 7.69. The molecule has 1 atom stereocenters. The molecule has 0 N–H and O–H groups in total. The number of carbonyl (C=O) groups is 1.